The third-order valence-electron chi connectivity index (χ3n) is 3.07. The van der Waals surface area contributed by atoms with Crippen molar-refractivity contribution in [3.8, 4) is 0 Å². The van der Waals surface area contributed by atoms with Crippen LogP contribution in [0, 0.1) is 12.7 Å². The second-order valence-electron chi connectivity index (χ2n) is 4.94. The molecule has 0 aliphatic rings. The lowest BCUT2D eigenvalue weighted by Gasteiger charge is -2.09. The van der Waals surface area contributed by atoms with Gasteiger partial charge in [0, 0.05) is 10.5 Å². The van der Waals surface area contributed by atoms with Gasteiger partial charge in [-0.2, -0.15) is 5.10 Å². The van der Waals surface area contributed by atoms with Gasteiger partial charge in [0.05, 0.1) is 16.5 Å². The molecule has 0 aliphatic carbocycles. The van der Waals surface area contributed by atoms with Gasteiger partial charge in [-0.3, -0.25) is 4.79 Å². The fourth-order valence-electron chi connectivity index (χ4n) is 1.76. The number of rotatable bonds is 5. The summed E-state index contributed by atoms with van der Waals surface area (Å²) in [4.78, 5) is 13.0. The van der Waals surface area contributed by atoms with Crippen molar-refractivity contribution in [1.29, 1.82) is 0 Å². The molecule has 0 radical (unpaired) electrons. The van der Waals surface area contributed by atoms with Crippen molar-refractivity contribution in [2.75, 3.05) is 0 Å². The van der Waals surface area contributed by atoms with E-state index in [1.54, 1.807) is 13.0 Å². The predicted molar refractivity (Wildman–Crippen MR) is 93.6 cm³/mol. The summed E-state index contributed by atoms with van der Waals surface area (Å²) in [6, 6.07) is 12.3. The standard InChI is InChI=1S/C17H16ClFN2OS/c1-11-6-8-13(9-7-11)23-12(2)17(22)21-20-10-14-15(18)4-3-5-16(14)19/h3-10,12H,1-2H3,(H,21,22)/b20-10-/t12-/m0/s1. The van der Waals surface area contributed by atoms with Gasteiger partial charge in [0.25, 0.3) is 5.91 Å². The molecule has 0 spiro atoms. The monoisotopic (exact) mass is 350 g/mol. The Morgan fingerprint density at radius 1 is 1.30 bits per heavy atom. The number of carbonyl (C=O) groups is 1. The quantitative estimate of drug-likeness (QED) is 0.492. The van der Waals surface area contributed by atoms with Crippen LogP contribution in [0.25, 0.3) is 0 Å². The Morgan fingerprint density at radius 3 is 2.65 bits per heavy atom. The molecule has 0 aromatic heterocycles. The van der Waals surface area contributed by atoms with Crippen molar-refractivity contribution >= 4 is 35.5 Å². The summed E-state index contributed by atoms with van der Waals surface area (Å²) in [5.74, 6) is -0.753. The first-order valence-corrected chi connectivity index (χ1v) is 8.23. The largest absolute Gasteiger partial charge is 0.272 e. The van der Waals surface area contributed by atoms with Gasteiger partial charge in [0.1, 0.15) is 5.82 Å². The van der Waals surface area contributed by atoms with Crippen molar-refractivity contribution in [1.82, 2.24) is 5.43 Å². The highest BCUT2D eigenvalue weighted by Crippen LogP contribution is 2.23. The minimum Gasteiger partial charge on any atom is -0.272 e. The highest BCUT2D eigenvalue weighted by Gasteiger charge is 2.13. The van der Waals surface area contributed by atoms with Crippen molar-refractivity contribution in [2.24, 2.45) is 5.10 Å². The number of thioether (sulfide) groups is 1. The fourth-order valence-corrected chi connectivity index (χ4v) is 2.83. The average molecular weight is 351 g/mol. The number of aryl methyl sites for hydroxylation is 1. The van der Waals surface area contributed by atoms with Gasteiger partial charge in [-0.1, -0.05) is 35.4 Å². The number of hydrogen-bond acceptors (Lipinski definition) is 3. The second kappa shape index (κ2) is 8.13. The molecule has 0 aliphatic heterocycles. The van der Waals surface area contributed by atoms with E-state index < -0.39 is 5.82 Å². The summed E-state index contributed by atoms with van der Waals surface area (Å²) in [5.41, 5.74) is 3.71. The number of hydrazone groups is 1. The Balaban J connectivity index is 1.93. The van der Waals surface area contributed by atoms with Crippen LogP contribution < -0.4 is 5.43 Å². The lowest BCUT2D eigenvalue weighted by atomic mass is 10.2. The van der Waals surface area contributed by atoms with E-state index in [0.717, 1.165) is 10.5 Å². The first-order chi connectivity index (χ1) is 11.0. The van der Waals surface area contributed by atoms with Crippen molar-refractivity contribution in [3.05, 3.63) is 64.4 Å². The SMILES string of the molecule is Cc1ccc(S[C@@H](C)C(=O)N/N=C\c2c(F)cccc2Cl)cc1. The van der Waals surface area contributed by atoms with Gasteiger partial charge in [-0.25, -0.2) is 9.82 Å². The summed E-state index contributed by atoms with van der Waals surface area (Å²) in [5, 5.41) is 3.69. The summed E-state index contributed by atoms with van der Waals surface area (Å²) >= 11 is 7.31. The molecule has 0 heterocycles. The van der Waals surface area contributed by atoms with Gasteiger partial charge in [-0.05, 0) is 38.1 Å². The minimum atomic E-state index is -0.488. The molecule has 0 unspecified atom stereocenters. The fraction of sp³-hybridized carbons (Fsp3) is 0.176. The molecular formula is C17H16ClFN2OS. The normalized spacial score (nSPS) is 12.3. The number of nitrogens with zero attached hydrogens (tertiary/aromatic N) is 1. The highest BCUT2D eigenvalue weighted by molar-refractivity contribution is 8.00. The van der Waals surface area contributed by atoms with Crippen LogP contribution in [0.15, 0.2) is 52.5 Å². The summed E-state index contributed by atoms with van der Waals surface area (Å²) < 4.78 is 13.6. The van der Waals surface area contributed by atoms with E-state index >= 15 is 0 Å². The lowest BCUT2D eigenvalue weighted by Crippen LogP contribution is -2.26. The molecule has 3 nitrogen and oxygen atoms in total. The van der Waals surface area contributed by atoms with Crippen LogP contribution in [-0.4, -0.2) is 17.4 Å². The number of carbonyl (C=O) groups excluding carboxylic acids is 1. The zero-order valence-electron chi connectivity index (χ0n) is 12.7. The number of halogens is 2. The molecule has 1 amide bonds. The summed E-state index contributed by atoms with van der Waals surface area (Å²) in [7, 11) is 0. The van der Waals surface area contributed by atoms with E-state index in [0.29, 0.717) is 0 Å². The van der Waals surface area contributed by atoms with E-state index in [9.17, 15) is 9.18 Å². The van der Waals surface area contributed by atoms with Gasteiger partial charge in [0.15, 0.2) is 0 Å². The van der Waals surface area contributed by atoms with Crippen LogP contribution in [0.5, 0.6) is 0 Å². The Hall–Kier alpha value is -1.85. The number of hydrogen-bond donors (Lipinski definition) is 1. The zero-order chi connectivity index (χ0) is 16.8. The van der Waals surface area contributed by atoms with E-state index in [1.807, 2.05) is 31.2 Å². The lowest BCUT2D eigenvalue weighted by molar-refractivity contribution is -0.120. The van der Waals surface area contributed by atoms with Crippen molar-refractivity contribution in [2.45, 2.75) is 24.0 Å². The topological polar surface area (TPSA) is 41.5 Å². The molecule has 0 fully saturated rings. The maximum absolute atomic E-state index is 13.6. The highest BCUT2D eigenvalue weighted by atomic mass is 35.5. The Morgan fingerprint density at radius 2 is 2.00 bits per heavy atom. The second-order valence-corrected chi connectivity index (χ2v) is 6.76. The summed E-state index contributed by atoms with van der Waals surface area (Å²) in [6.07, 6.45) is 1.21. The molecule has 0 bridgehead atoms. The molecule has 120 valence electrons. The van der Waals surface area contributed by atoms with Gasteiger partial charge in [0.2, 0.25) is 0 Å². The Bertz CT molecular complexity index is 699. The van der Waals surface area contributed by atoms with Crippen LogP contribution >= 0.6 is 23.4 Å². The van der Waals surface area contributed by atoms with Crippen LogP contribution in [-0.2, 0) is 4.79 Å². The molecule has 2 aromatic carbocycles. The maximum atomic E-state index is 13.6. The van der Waals surface area contributed by atoms with Crippen LogP contribution in [0.2, 0.25) is 5.02 Å². The van der Waals surface area contributed by atoms with Crippen molar-refractivity contribution < 1.29 is 9.18 Å². The molecule has 1 atom stereocenters. The van der Waals surface area contributed by atoms with E-state index in [-0.39, 0.29) is 21.7 Å². The third kappa shape index (κ3) is 5.08. The average Bonchev–Trinajstić information content (AvgIpc) is 2.52. The Kier molecular flexibility index (Phi) is 6.19. The summed E-state index contributed by atoms with van der Waals surface area (Å²) in [6.45, 7) is 3.79. The van der Waals surface area contributed by atoms with E-state index in [1.165, 1.54) is 30.1 Å². The van der Waals surface area contributed by atoms with Gasteiger partial charge >= 0.3 is 0 Å². The first kappa shape index (κ1) is 17.5. The maximum Gasteiger partial charge on any atom is 0.253 e. The minimum absolute atomic E-state index is 0.147. The number of amides is 1. The molecule has 2 aromatic rings. The molecule has 23 heavy (non-hydrogen) atoms. The number of benzene rings is 2. The van der Waals surface area contributed by atoms with Crippen LogP contribution in [0.3, 0.4) is 0 Å². The van der Waals surface area contributed by atoms with Crippen molar-refractivity contribution in [3.63, 3.8) is 0 Å². The molecule has 0 saturated heterocycles. The molecular weight excluding hydrogens is 335 g/mol. The van der Waals surface area contributed by atoms with Gasteiger partial charge < -0.3 is 0 Å². The predicted octanol–water partition coefficient (Wildman–Crippen LogP) is 4.42. The van der Waals surface area contributed by atoms with E-state index in [2.05, 4.69) is 10.5 Å². The number of nitrogens with one attached hydrogen (secondary N) is 1. The first-order valence-electron chi connectivity index (χ1n) is 6.97. The zero-order valence-corrected chi connectivity index (χ0v) is 14.3. The van der Waals surface area contributed by atoms with Crippen LogP contribution in [0.1, 0.15) is 18.1 Å². The van der Waals surface area contributed by atoms with Crippen LogP contribution in [0.4, 0.5) is 4.39 Å². The molecule has 1 N–H and O–H groups in total. The third-order valence-corrected chi connectivity index (χ3v) is 4.51. The van der Waals surface area contributed by atoms with Gasteiger partial charge in [-0.15, -0.1) is 11.8 Å². The Labute approximate surface area is 143 Å². The van der Waals surface area contributed by atoms with E-state index in [4.69, 9.17) is 11.6 Å². The molecule has 6 heteroatoms. The smallest absolute Gasteiger partial charge is 0.253 e. The molecule has 0 saturated carbocycles. The molecule has 2 rings (SSSR count).